The Kier molecular flexibility index (Phi) is 6.47. The maximum absolute atomic E-state index is 12.0. The molecule has 0 fully saturated rings. The summed E-state index contributed by atoms with van der Waals surface area (Å²) in [7, 11) is -3.64. The van der Waals surface area contributed by atoms with Gasteiger partial charge >= 0.3 is 5.97 Å². The van der Waals surface area contributed by atoms with Crippen molar-refractivity contribution in [3.8, 4) is 0 Å². The summed E-state index contributed by atoms with van der Waals surface area (Å²) < 4.78 is 26.5. The van der Waals surface area contributed by atoms with Gasteiger partial charge in [0, 0.05) is 12.1 Å². The number of carbonyl (C=O) groups is 2. The second-order valence-corrected chi connectivity index (χ2v) is 7.80. The van der Waals surface area contributed by atoms with Crippen LogP contribution in [0.15, 0.2) is 29.2 Å². The zero-order chi connectivity index (χ0) is 18.5. The zero-order valence-corrected chi connectivity index (χ0v) is 14.6. The van der Waals surface area contributed by atoms with Gasteiger partial charge in [-0.1, -0.05) is 13.8 Å². The lowest BCUT2D eigenvalue weighted by Crippen LogP contribution is -2.46. The van der Waals surface area contributed by atoms with Gasteiger partial charge in [-0.15, -0.1) is 0 Å². The van der Waals surface area contributed by atoms with Crippen molar-refractivity contribution in [1.82, 2.24) is 10.0 Å². The topological polar surface area (TPSA) is 133 Å². The van der Waals surface area contributed by atoms with Crippen molar-refractivity contribution in [2.75, 3.05) is 13.1 Å². The molecule has 0 aromatic heterocycles. The van der Waals surface area contributed by atoms with E-state index < -0.39 is 34.0 Å². The molecule has 0 saturated heterocycles. The van der Waals surface area contributed by atoms with Gasteiger partial charge in [0.25, 0.3) is 5.91 Å². The highest BCUT2D eigenvalue weighted by Gasteiger charge is 2.30. The number of carboxylic acids is 1. The lowest BCUT2D eigenvalue weighted by atomic mass is 10.1. The lowest BCUT2D eigenvalue weighted by molar-refractivity contribution is -0.155. The fraction of sp³-hybridized carbons (Fsp3) is 0.467. The minimum Gasteiger partial charge on any atom is -0.479 e. The van der Waals surface area contributed by atoms with E-state index in [0.29, 0.717) is 6.54 Å². The zero-order valence-electron chi connectivity index (χ0n) is 13.7. The second kappa shape index (κ2) is 7.73. The van der Waals surface area contributed by atoms with Gasteiger partial charge in [-0.2, -0.15) is 0 Å². The summed E-state index contributed by atoms with van der Waals surface area (Å²) in [5, 5.41) is 20.6. The summed E-state index contributed by atoms with van der Waals surface area (Å²) in [5.41, 5.74) is -1.93. The number of aliphatic hydroxyl groups is 1. The Morgan fingerprint density at radius 1 is 1.21 bits per heavy atom. The number of carbonyl (C=O) groups excluding carboxylic acids is 1. The molecule has 0 heterocycles. The fourth-order valence-electron chi connectivity index (χ4n) is 1.58. The van der Waals surface area contributed by atoms with Crippen LogP contribution in [0.3, 0.4) is 0 Å². The molecule has 1 aromatic carbocycles. The van der Waals surface area contributed by atoms with Crippen molar-refractivity contribution in [2.24, 2.45) is 5.92 Å². The molecule has 24 heavy (non-hydrogen) atoms. The van der Waals surface area contributed by atoms with Crippen molar-refractivity contribution in [1.29, 1.82) is 0 Å². The summed E-state index contributed by atoms with van der Waals surface area (Å²) in [4.78, 5) is 22.7. The largest absolute Gasteiger partial charge is 0.479 e. The smallest absolute Gasteiger partial charge is 0.337 e. The van der Waals surface area contributed by atoms with Crippen LogP contribution < -0.4 is 10.0 Å². The molecule has 1 unspecified atom stereocenters. The SMILES string of the molecule is CC(C)CNS(=O)(=O)c1ccc(C(=O)NCC(C)(O)C(=O)O)cc1. The van der Waals surface area contributed by atoms with Crippen LogP contribution in [0.5, 0.6) is 0 Å². The Morgan fingerprint density at radius 3 is 2.21 bits per heavy atom. The predicted octanol–water partition coefficient (Wildman–Crippen LogP) is 0.186. The van der Waals surface area contributed by atoms with Gasteiger partial charge in [0.15, 0.2) is 5.60 Å². The molecule has 1 amide bonds. The van der Waals surface area contributed by atoms with E-state index in [0.717, 1.165) is 6.92 Å². The van der Waals surface area contributed by atoms with Gasteiger partial charge in [0.2, 0.25) is 10.0 Å². The Morgan fingerprint density at radius 2 is 1.75 bits per heavy atom. The maximum atomic E-state index is 12.0. The third-order valence-corrected chi connectivity index (χ3v) is 4.60. The van der Waals surface area contributed by atoms with Crippen molar-refractivity contribution < 1.29 is 28.2 Å². The molecule has 0 aliphatic carbocycles. The molecule has 8 nitrogen and oxygen atoms in total. The van der Waals surface area contributed by atoms with Crippen LogP contribution in [-0.2, 0) is 14.8 Å². The number of hydrogen-bond acceptors (Lipinski definition) is 5. The molecule has 0 bridgehead atoms. The standard InChI is InChI=1S/C15H22N2O6S/c1-10(2)8-17-24(22,23)12-6-4-11(5-7-12)13(18)16-9-15(3,21)14(19)20/h4-7,10,17,21H,8-9H2,1-3H3,(H,16,18)(H,19,20). The predicted molar refractivity (Wildman–Crippen MR) is 87.1 cm³/mol. The number of aliphatic carboxylic acids is 1. The van der Waals surface area contributed by atoms with Crippen LogP contribution in [0.2, 0.25) is 0 Å². The number of sulfonamides is 1. The first-order chi connectivity index (χ1) is 11.0. The van der Waals surface area contributed by atoms with Gasteiger partial charge in [0.05, 0.1) is 11.4 Å². The molecule has 0 saturated carbocycles. The third-order valence-electron chi connectivity index (χ3n) is 3.16. The number of nitrogens with one attached hydrogen (secondary N) is 2. The first-order valence-electron chi connectivity index (χ1n) is 7.29. The van der Waals surface area contributed by atoms with E-state index in [1.807, 2.05) is 13.8 Å². The van der Waals surface area contributed by atoms with Crippen molar-refractivity contribution >= 4 is 21.9 Å². The molecule has 0 aliphatic heterocycles. The fourth-order valence-corrected chi connectivity index (χ4v) is 2.79. The van der Waals surface area contributed by atoms with E-state index in [2.05, 4.69) is 10.0 Å². The number of rotatable bonds is 8. The van der Waals surface area contributed by atoms with Crippen LogP contribution in [0, 0.1) is 5.92 Å². The molecule has 9 heteroatoms. The quantitative estimate of drug-likeness (QED) is 0.524. The van der Waals surface area contributed by atoms with E-state index in [1.165, 1.54) is 24.3 Å². The molecule has 0 spiro atoms. The van der Waals surface area contributed by atoms with Gasteiger partial charge in [0.1, 0.15) is 0 Å². The molecule has 134 valence electrons. The van der Waals surface area contributed by atoms with E-state index in [-0.39, 0.29) is 16.4 Å². The summed E-state index contributed by atoms with van der Waals surface area (Å²) >= 11 is 0. The highest BCUT2D eigenvalue weighted by Crippen LogP contribution is 2.11. The summed E-state index contributed by atoms with van der Waals surface area (Å²) in [5.74, 6) is -1.91. The Labute approximate surface area is 140 Å². The van der Waals surface area contributed by atoms with Crippen molar-refractivity contribution in [3.63, 3.8) is 0 Å². The first-order valence-corrected chi connectivity index (χ1v) is 8.78. The summed E-state index contributed by atoms with van der Waals surface area (Å²) in [6.45, 7) is 4.64. The van der Waals surface area contributed by atoms with Gasteiger partial charge in [-0.3, -0.25) is 4.79 Å². The molecule has 0 radical (unpaired) electrons. The summed E-state index contributed by atoms with van der Waals surface area (Å²) in [6.07, 6.45) is 0. The highest BCUT2D eigenvalue weighted by molar-refractivity contribution is 7.89. The number of carboxylic acid groups (broad SMARTS) is 1. The van der Waals surface area contributed by atoms with E-state index in [9.17, 15) is 23.1 Å². The van der Waals surface area contributed by atoms with Crippen molar-refractivity contribution in [2.45, 2.75) is 31.3 Å². The first kappa shape index (κ1) is 20.1. The maximum Gasteiger partial charge on any atom is 0.337 e. The van der Waals surface area contributed by atoms with E-state index in [1.54, 1.807) is 0 Å². The molecule has 1 rings (SSSR count). The molecular formula is C15H22N2O6S. The van der Waals surface area contributed by atoms with Crippen LogP contribution >= 0.6 is 0 Å². The van der Waals surface area contributed by atoms with Crippen LogP contribution in [-0.4, -0.2) is 49.2 Å². The van der Waals surface area contributed by atoms with Crippen molar-refractivity contribution in [3.05, 3.63) is 29.8 Å². The average molecular weight is 358 g/mol. The van der Waals surface area contributed by atoms with Crippen LogP contribution in [0.4, 0.5) is 0 Å². The Balaban J connectivity index is 2.77. The monoisotopic (exact) mass is 358 g/mol. The van der Waals surface area contributed by atoms with Gasteiger partial charge in [-0.25, -0.2) is 17.9 Å². The highest BCUT2D eigenvalue weighted by atomic mass is 32.2. The van der Waals surface area contributed by atoms with E-state index >= 15 is 0 Å². The lowest BCUT2D eigenvalue weighted by Gasteiger charge is -2.18. The Hall–Kier alpha value is -1.97. The Bertz CT molecular complexity index is 695. The van der Waals surface area contributed by atoms with E-state index in [4.69, 9.17) is 5.11 Å². The number of amides is 1. The molecule has 0 aliphatic rings. The second-order valence-electron chi connectivity index (χ2n) is 6.03. The average Bonchev–Trinajstić information content (AvgIpc) is 2.51. The number of hydrogen-bond donors (Lipinski definition) is 4. The van der Waals surface area contributed by atoms with Crippen LogP contribution in [0.25, 0.3) is 0 Å². The van der Waals surface area contributed by atoms with Crippen LogP contribution in [0.1, 0.15) is 31.1 Å². The molecule has 4 N–H and O–H groups in total. The normalized spacial score (nSPS) is 14.2. The van der Waals surface area contributed by atoms with Gasteiger partial charge in [-0.05, 0) is 37.1 Å². The molecular weight excluding hydrogens is 336 g/mol. The minimum absolute atomic E-state index is 0.0252. The molecule has 1 aromatic rings. The van der Waals surface area contributed by atoms with Gasteiger partial charge < -0.3 is 15.5 Å². The minimum atomic E-state index is -3.64. The molecule has 1 atom stereocenters. The summed E-state index contributed by atoms with van der Waals surface area (Å²) in [6, 6.07) is 5.20. The third kappa shape index (κ3) is 5.59. The number of benzene rings is 1.